The average Bonchev–Trinajstić information content (AvgIpc) is 3.21. The number of amides is 3. The number of carbonyl (C=O) groups is 2. The quantitative estimate of drug-likeness (QED) is 0.686. The molecular formula is C23H26F2N4O3. The fraction of sp³-hybridized carbons (Fsp3) is 0.435. The van der Waals surface area contributed by atoms with E-state index in [-0.39, 0.29) is 6.61 Å². The van der Waals surface area contributed by atoms with Crippen molar-refractivity contribution in [3.05, 3.63) is 65.5 Å². The third-order valence-electron chi connectivity index (χ3n) is 6.04. The zero-order valence-electron chi connectivity index (χ0n) is 17.7. The standard InChI is InChI=1S/C23H26F2N4O3/c24-18-6-5-17(14-19(18)25)21-15-32-23(31)29(21)22(30)27-10-3-11-28-12-7-16(8-13-28)20-4-1-2-9-26-20/h1-2,4-6,9,14,16,21H,3,7-8,10-13,15H2,(H,27,30). The summed E-state index contributed by atoms with van der Waals surface area (Å²) in [6.07, 6.45) is 3.88. The second-order valence-corrected chi connectivity index (χ2v) is 8.09. The van der Waals surface area contributed by atoms with E-state index >= 15 is 0 Å². The molecule has 2 aliphatic heterocycles. The second-order valence-electron chi connectivity index (χ2n) is 8.09. The number of piperidine rings is 1. The van der Waals surface area contributed by atoms with E-state index in [0.29, 0.717) is 18.0 Å². The number of nitrogens with one attached hydrogen (secondary N) is 1. The highest BCUT2D eigenvalue weighted by molar-refractivity contribution is 5.92. The lowest BCUT2D eigenvalue weighted by Crippen LogP contribution is -2.43. The topological polar surface area (TPSA) is 74.8 Å². The van der Waals surface area contributed by atoms with Crippen LogP contribution in [-0.2, 0) is 4.74 Å². The maximum absolute atomic E-state index is 13.6. The van der Waals surface area contributed by atoms with Gasteiger partial charge in [0.05, 0.1) is 0 Å². The Balaban J connectivity index is 1.22. The van der Waals surface area contributed by atoms with Crippen molar-refractivity contribution in [2.45, 2.75) is 31.2 Å². The Morgan fingerprint density at radius 1 is 1.16 bits per heavy atom. The fourth-order valence-corrected chi connectivity index (χ4v) is 4.26. The van der Waals surface area contributed by atoms with Crippen molar-refractivity contribution in [3.8, 4) is 0 Å². The molecule has 1 aromatic carbocycles. The van der Waals surface area contributed by atoms with Crippen LogP contribution in [0.3, 0.4) is 0 Å². The minimum atomic E-state index is -1.03. The Kier molecular flexibility index (Phi) is 6.94. The molecule has 0 aliphatic carbocycles. The number of halogens is 2. The van der Waals surface area contributed by atoms with Crippen LogP contribution in [0.25, 0.3) is 0 Å². The van der Waals surface area contributed by atoms with Gasteiger partial charge in [0.2, 0.25) is 0 Å². The molecule has 3 amide bonds. The fourth-order valence-electron chi connectivity index (χ4n) is 4.26. The highest BCUT2D eigenvalue weighted by Gasteiger charge is 2.39. The van der Waals surface area contributed by atoms with Crippen LogP contribution in [0.2, 0.25) is 0 Å². The lowest BCUT2D eigenvalue weighted by Gasteiger charge is -2.31. The van der Waals surface area contributed by atoms with Gasteiger partial charge in [0.1, 0.15) is 12.6 Å². The predicted octanol–water partition coefficient (Wildman–Crippen LogP) is 3.83. The number of imide groups is 1. The molecule has 2 saturated heterocycles. The van der Waals surface area contributed by atoms with Crippen LogP contribution in [0.1, 0.15) is 42.5 Å². The molecule has 2 fully saturated rings. The Morgan fingerprint density at radius 2 is 1.97 bits per heavy atom. The van der Waals surface area contributed by atoms with E-state index in [1.165, 1.54) is 6.07 Å². The molecule has 1 atom stereocenters. The molecule has 0 bridgehead atoms. The summed E-state index contributed by atoms with van der Waals surface area (Å²) in [7, 11) is 0. The van der Waals surface area contributed by atoms with Gasteiger partial charge in [0.15, 0.2) is 11.6 Å². The molecule has 1 aromatic heterocycles. The summed E-state index contributed by atoms with van der Waals surface area (Å²) in [6.45, 7) is 3.10. The van der Waals surface area contributed by atoms with Gasteiger partial charge in [-0.05, 0) is 68.7 Å². The number of carbonyl (C=O) groups excluding carboxylic acids is 2. The summed E-state index contributed by atoms with van der Waals surface area (Å²) in [5, 5.41) is 2.74. The number of nitrogens with zero attached hydrogens (tertiary/aromatic N) is 3. The van der Waals surface area contributed by atoms with Crippen molar-refractivity contribution in [2.75, 3.05) is 32.8 Å². The first-order valence-corrected chi connectivity index (χ1v) is 10.8. The lowest BCUT2D eigenvalue weighted by molar-refractivity contribution is 0.157. The largest absolute Gasteiger partial charge is 0.446 e. The van der Waals surface area contributed by atoms with Crippen molar-refractivity contribution in [3.63, 3.8) is 0 Å². The molecule has 2 aliphatic rings. The van der Waals surface area contributed by atoms with Crippen molar-refractivity contribution in [1.29, 1.82) is 0 Å². The molecule has 1 N–H and O–H groups in total. The summed E-state index contributed by atoms with van der Waals surface area (Å²) in [4.78, 5) is 32.3. The number of urea groups is 1. The molecule has 7 nitrogen and oxygen atoms in total. The Hall–Kier alpha value is -3.07. The second kappa shape index (κ2) is 10.0. The summed E-state index contributed by atoms with van der Waals surface area (Å²) in [5.41, 5.74) is 1.45. The van der Waals surface area contributed by atoms with Crippen LogP contribution in [-0.4, -0.2) is 59.7 Å². The van der Waals surface area contributed by atoms with Gasteiger partial charge in [0.25, 0.3) is 0 Å². The number of benzene rings is 1. The average molecular weight is 444 g/mol. The zero-order valence-corrected chi connectivity index (χ0v) is 17.7. The van der Waals surface area contributed by atoms with Crippen LogP contribution >= 0.6 is 0 Å². The molecule has 3 heterocycles. The molecule has 9 heteroatoms. The minimum absolute atomic E-state index is 0.0947. The third kappa shape index (κ3) is 5.04. The predicted molar refractivity (Wildman–Crippen MR) is 113 cm³/mol. The minimum Gasteiger partial charge on any atom is -0.446 e. The van der Waals surface area contributed by atoms with E-state index in [0.717, 1.165) is 61.6 Å². The first-order valence-electron chi connectivity index (χ1n) is 10.8. The Morgan fingerprint density at radius 3 is 2.69 bits per heavy atom. The van der Waals surface area contributed by atoms with Gasteiger partial charge in [-0.25, -0.2) is 23.3 Å². The van der Waals surface area contributed by atoms with Gasteiger partial charge in [-0.15, -0.1) is 0 Å². The molecule has 4 rings (SSSR count). The summed E-state index contributed by atoms with van der Waals surface area (Å²) in [6, 6.07) is 7.93. The maximum atomic E-state index is 13.6. The number of pyridine rings is 1. The van der Waals surface area contributed by atoms with Gasteiger partial charge in [-0.1, -0.05) is 12.1 Å². The van der Waals surface area contributed by atoms with Gasteiger partial charge < -0.3 is 15.0 Å². The number of hydrogen-bond acceptors (Lipinski definition) is 5. The number of hydrogen-bond donors (Lipinski definition) is 1. The normalized spacial score (nSPS) is 19.8. The highest BCUT2D eigenvalue weighted by Crippen LogP contribution is 2.29. The number of rotatable bonds is 6. The molecule has 0 saturated carbocycles. The van der Waals surface area contributed by atoms with Crippen molar-refractivity contribution in [2.24, 2.45) is 0 Å². The SMILES string of the molecule is O=C(NCCCN1CCC(c2ccccn2)CC1)N1C(=O)OCC1c1ccc(F)c(F)c1. The number of likely N-dealkylation sites (tertiary alicyclic amines) is 1. The van der Waals surface area contributed by atoms with Gasteiger partial charge >= 0.3 is 12.1 Å². The Bertz CT molecular complexity index is 952. The molecule has 0 spiro atoms. The summed E-state index contributed by atoms with van der Waals surface area (Å²) < 4.78 is 31.8. The molecule has 170 valence electrons. The molecule has 32 heavy (non-hydrogen) atoms. The van der Waals surface area contributed by atoms with E-state index in [1.807, 2.05) is 18.3 Å². The lowest BCUT2D eigenvalue weighted by atomic mass is 9.93. The third-order valence-corrected chi connectivity index (χ3v) is 6.04. The summed E-state index contributed by atoms with van der Waals surface area (Å²) >= 11 is 0. The first-order chi connectivity index (χ1) is 15.5. The number of aromatic nitrogens is 1. The number of cyclic esters (lactones) is 1. The van der Waals surface area contributed by atoms with E-state index in [1.54, 1.807) is 0 Å². The molecule has 2 aromatic rings. The summed E-state index contributed by atoms with van der Waals surface area (Å²) in [5.74, 6) is -1.53. The monoisotopic (exact) mass is 444 g/mol. The van der Waals surface area contributed by atoms with Crippen molar-refractivity contribution in [1.82, 2.24) is 20.1 Å². The highest BCUT2D eigenvalue weighted by atomic mass is 19.2. The van der Waals surface area contributed by atoms with Crippen LogP contribution in [0.5, 0.6) is 0 Å². The zero-order chi connectivity index (χ0) is 22.5. The van der Waals surface area contributed by atoms with Gasteiger partial charge in [0, 0.05) is 24.4 Å². The van der Waals surface area contributed by atoms with E-state index in [2.05, 4.69) is 21.3 Å². The Labute approximate surface area is 185 Å². The van der Waals surface area contributed by atoms with E-state index in [4.69, 9.17) is 4.74 Å². The van der Waals surface area contributed by atoms with E-state index in [9.17, 15) is 18.4 Å². The first kappa shape index (κ1) is 22.1. The van der Waals surface area contributed by atoms with Crippen LogP contribution in [0, 0.1) is 11.6 Å². The molecule has 1 unspecified atom stereocenters. The van der Waals surface area contributed by atoms with Crippen LogP contribution in [0.4, 0.5) is 18.4 Å². The van der Waals surface area contributed by atoms with Gasteiger partial charge in [-0.3, -0.25) is 4.98 Å². The molecule has 0 radical (unpaired) electrons. The number of ether oxygens (including phenoxy) is 1. The smallest absolute Gasteiger partial charge is 0.418 e. The van der Waals surface area contributed by atoms with Crippen molar-refractivity contribution >= 4 is 12.1 Å². The maximum Gasteiger partial charge on any atom is 0.418 e. The van der Waals surface area contributed by atoms with E-state index < -0.39 is 29.8 Å². The van der Waals surface area contributed by atoms with Gasteiger partial charge in [-0.2, -0.15) is 0 Å². The van der Waals surface area contributed by atoms with Crippen LogP contribution < -0.4 is 5.32 Å². The molecular weight excluding hydrogens is 418 g/mol. The van der Waals surface area contributed by atoms with Crippen LogP contribution in [0.15, 0.2) is 42.6 Å². The van der Waals surface area contributed by atoms with Crippen molar-refractivity contribution < 1.29 is 23.1 Å².